The molecule has 0 aliphatic heterocycles. The Morgan fingerprint density at radius 1 is 1.00 bits per heavy atom. The minimum atomic E-state index is 0.800. The normalized spacial score (nSPS) is 10.4. The van der Waals surface area contributed by atoms with Crippen LogP contribution in [0.2, 0.25) is 0 Å². The van der Waals surface area contributed by atoms with Crippen molar-refractivity contribution in [3.63, 3.8) is 0 Å². The summed E-state index contributed by atoms with van der Waals surface area (Å²) in [5, 5.41) is 3.32. The third-order valence-electron chi connectivity index (χ3n) is 2.22. The molecule has 2 aromatic rings. The molecular formula is C12H14N2O. The monoisotopic (exact) mass is 202 g/mol. The lowest BCUT2D eigenvalue weighted by Crippen LogP contribution is -2.11. The van der Waals surface area contributed by atoms with Gasteiger partial charge in [0.25, 0.3) is 0 Å². The second-order valence-electron chi connectivity index (χ2n) is 3.48. The van der Waals surface area contributed by atoms with E-state index in [-0.39, 0.29) is 0 Å². The number of hydrogen-bond donors (Lipinski definition) is 2. The van der Waals surface area contributed by atoms with Crippen LogP contribution in [0.1, 0.15) is 11.1 Å². The van der Waals surface area contributed by atoms with Crippen LogP contribution < -0.4 is 11.1 Å². The molecule has 3 nitrogen and oxygen atoms in total. The van der Waals surface area contributed by atoms with Crippen molar-refractivity contribution in [3.8, 4) is 0 Å². The van der Waals surface area contributed by atoms with E-state index in [2.05, 4.69) is 5.32 Å². The summed E-state index contributed by atoms with van der Waals surface area (Å²) in [4.78, 5) is 0. The lowest BCUT2D eigenvalue weighted by Gasteiger charge is -2.03. The van der Waals surface area contributed by atoms with Gasteiger partial charge < -0.3 is 15.5 Å². The van der Waals surface area contributed by atoms with Crippen LogP contribution in [0.4, 0.5) is 5.69 Å². The van der Waals surface area contributed by atoms with Crippen LogP contribution in [0, 0.1) is 0 Å². The van der Waals surface area contributed by atoms with E-state index in [1.54, 1.807) is 12.5 Å². The number of rotatable bonds is 4. The first-order valence-corrected chi connectivity index (χ1v) is 4.91. The Balaban J connectivity index is 1.81. The number of nitrogens with one attached hydrogen (secondary N) is 1. The van der Waals surface area contributed by atoms with E-state index in [1.807, 2.05) is 30.3 Å². The maximum absolute atomic E-state index is 5.60. The van der Waals surface area contributed by atoms with Crippen molar-refractivity contribution >= 4 is 5.69 Å². The number of nitrogens with two attached hydrogens (primary N) is 1. The Kier molecular flexibility index (Phi) is 3.05. The van der Waals surface area contributed by atoms with E-state index in [0.29, 0.717) is 0 Å². The zero-order valence-corrected chi connectivity index (χ0v) is 8.44. The van der Waals surface area contributed by atoms with E-state index in [1.165, 1.54) is 5.56 Å². The van der Waals surface area contributed by atoms with Crippen LogP contribution in [0.3, 0.4) is 0 Å². The van der Waals surface area contributed by atoms with Crippen LogP contribution >= 0.6 is 0 Å². The third-order valence-corrected chi connectivity index (χ3v) is 2.22. The highest BCUT2D eigenvalue weighted by atomic mass is 16.3. The summed E-state index contributed by atoms with van der Waals surface area (Å²) in [6, 6.07) is 9.83. The van der Waals surface area contributed by atoms with Gasteiger partial charge in [-0.05, 0) is 23.8 Å². The van der Waals surface area contributed by atoms with E-state index in [9.17, 15) is 0 Å². The predicted molar refractivity (Wildman–Crippen MR) is 60.1 cm³/mol. The van der Waals surface area contributed by atoms with Crippen LogP contribution in [0.15, 0.2) is 47.3 Å². The molecule has 3 heteroatoms. The van der Waals surface area contributed by atoms with Crippen LogP contribution in [0.25, 0.3) is 0 Å². The largest absolute Gasteiger partial charge is 0.472 e. The highest BCUT2D eigenvalue weighted by Gasteiger charge is 1.95. The van der Waals surface area contributed by atoms with Gasteiger partial charge in [0.1, 0.15) is 0 Å². The maximum Gasteiger partial charge on any atom is 0.0947 e. The molecule has 78 valence electrons. The molecule has 1 aromatic carbocycles. The highest BCUT2D eigenvalue weighted by molar-refractivity contribution is 5.39. The van der Waals surface area contributed by atoms with E-state index < -0.39 is 0 Å². The second kappa shape index (κ2) is 4.66. The third kappa shape index (κ3) is 2.86. The summed E-state index contributed by atoms with van der Waals surface area (Å²) in [7, 11) is 0. The first-order chi connectivity index (χ1) is 7.34. The van der Waals surface area contributed by atoms with Gasteiger partial charge in [-0.2, -0.15) is 0 Å². The van der Waals surface area contributed by atoms with Crippen LogP contribution in [-0.2, 0) is 13.1 Å². The Labute approximate surface area is 88.9 Å². The van der Waals surface area contributed by atoms with Gasteiger partial charge in [-0.1, -0.05) is 12.1 Å². The maximum atomic E-state index is 5.60. The van der Waals surface area contributed by atoms with Crippen molar-refractivity contribution < 1.29 is 4.42 Å². The average molecular weight is 202 g/mol. The number of anilines is 1. The summed E-state index contributed by atoms with van der Waals surface area (Å²) in [6.45, 7) is 1.66. The highest BCUT2D eigenvalue weighted by Crippen LogP contribution is 2.05. The summed E-state index contributed by atoms with van der Waals surface area (Å²) in [5.74, 6) is 0. The van der Waals surface area contributed by atoms with E-state index >= 15 is 0 Å². The first-order valence-electron chi connectivity index (χ1n) is 4.91. The molecule has 0 bridgehead atoms. The Hall–Kier alpha value is -1.74. The zero-order valence-electron chi connectivity index (χ0n) is 8.44. The van der Waals surface area contributed by atoms with E-state index in [4.69, 9.17) is 10.2 Å². The van der Waals surface area contributed by atoms with Crippen molar-refractivity contribution in [1.82, 2.24) is 5.32 Å². The standard InChI is InChI=1S/C12H14N2O/c13-12-3-1-10(2-4-12)7-14-8-11-5-6-15-9-11/h1-6,9,14H,7-8,13H2. The number of furan rings is 1. The molecule has 15 heavy (non-hydrogen) atoms. The van der Waals surface area contributed by atoms with Gasteiger partial charge >= 0.3 is 0 Å². The molecule has 3 N–H and O–H groups in total. The molecule has 0 atom stereocenters. The Morgan fingerprint density at radius 2 is 1.73 bits per heavy atom. The molecule has 0 radical (unpaired) electrons. The molecule has 2 rings (SSSR count). The molecule has 1 aromatic heterocycles. The van der Waals surface area contributed by atoms with Gasteiger partial charge in [0, 0.05) is 24.3 Å². The average Bonchev–Trinajstić information content (AvgIpc) is 2.74. The van der Waals surface area contributed by atoms with Crippen LogP contribution in [-0.4, -0.2) is 0 Å². The first kappa shape index (κ1) is 9.80. The fourth-order valence-electron chi connectivity index (χ4n) is 1.38. The van der Waals surface area contributed by atoms with Gasteiger partial charge in [-0.15, -0.1) is 0 Å². The van der Waals surface area contributed by atoms with Gasteiger partial charge in [0.05, 0.1) is 12.5 Å². The van der Waals surface area contributed by atoms with Gasteiger partial charge in [0.15, 0.2) is 0 Å². The minimum absolute atomic E-state index is 0.800. The van der Waals surface area contributed by atoms with Crippen molar-refractivity contribution in [2.24, 2.45) is 0 Å². The van der Waals surface area contributed by atoms with Gasteiger partial charge in [-0.25, -0.2) is 0 Å². The van der Waals surface area contributed by atoms with Crippen LogP contribution in [0.5, 0.6) is 0 Å². The number of nitrogen functional groups attached to an aromatic ring is 1. The smallest absolute Gasteiger partial charge is 0.0947 e. The van der Waals surface area contributed by atoms with Gasteiger partial charge in [-0.3, -0.25) is 0 Å². The molecule has 0 amide bonds. The summed E-state index contributed by atoms with van der Waals surface area (Å²) >= 11 is 0. The van der Waals surface area contributed by atoms with Crippen molar-refractivity contribution in [3.05, 3.63) is 54.0 Å². The molecular weight excluding hydrogens is 188 g/mol. The zero-order chi connectivity index (χ0) is 10.5. The molecule has 0 saturated heterocycles. The molecule has 0 saturated carbocycles. The minimum Gasteiger partial charge on any atom is -0.472 e. The summed E-state index contributed by atoms with van der Waals surface area (Å²) < 4.78 is 4.98. The van der Waals surface area contributed by atoms with Crippen molar-refractivity contribution in [2.75, 3.05) is 5.73 Å². The molecule has 0 unspecified atom stereocenters. The fraction of sp³-hybridized carbons (Fsp3) is 0.167. The van der Waals surface area contributed by atoms with E-state index in [0.717, 1.165) is 24.3 Å². The molecule has 0 fully saturated rings. The topological polar surface area (TPSA) is 51.2 Å². The van der Waals surface area contributed by atoms with Gasteiger partial charge in [0.2, 0.25) is 0 Å². The summed E-state index contributed by atoms with van der Waals surface area (Å²) in [5.41, 5.74) is 8.79. The molecule has 1 heterocycles. The lowest BCUT2D eigenvalue weighted by molar-refractivity contribution is 0.560. The second-order valence-corrected chi connectivity index (χ2v) is 3.48. The fourth-order valence-corrected chi connectivity index (χ4v) is 1.38. The molecule has 0 aliphatic carbocycles. The lowest BCUT2D eigenvalue weighted by atomic mass is 10.2. The molecule has 0 spiro atoms. The quantitative estimate of drug-likeness (QED) is 0.747. The number of benzene rings is 1. The Bertz CT molecular complexity index is 392. The SMILES string of the molecule is Nc1ccc(CNCc2ccoc2)cc1. The van der Waals surface area contributed by atoms with Crippen molar-refractivity contribution in [1.29, 1.82) is 0 Å². The molecule has 0 aliphatic rings. The summed E-state index contributed by atoms with van der Waals surface area (Å²) in [6.07, 6.45) is 3.43. The Morgan fingerprint density at radius 3 is 2.40 bits per heavy atom. The number of hydrogen-bond acceptors (Lipinski definition) is 3. The predicted octanol–water partition coefficient (Wildman–Crippen LogP) is 2.15. The van der Waals surface area contributed by atoms with Crippen molar-refractivity contribution in [2.45, 2.75) is 13.1 Å².